The maximum atomic E-state index is 12.4. The molecule has 2 heteroatoms. The standard InChI is InChI=1S/C17H17IO/c1-13-8-6-7-11-15(13)16(19)12-17(2,18)14-9-4-3-5-10-14/h3-11H,12H2,1-2H3. The van der Waals surface area contributed by atoms with E-state index in [0.717, 1.165) is 11.1 Å². The minimum atomic E-state index is -0.168. The third kappa shape index (κ3) is 3.44. The number of carbonyl (C=O) groups excluding carboxylic acids is 1. The lowest BCUT2D eigenvalue weighted by Crippen LogP contribution is -2.19. The van der Waals surface area contributed by atoms with Crippen LogP contribution < -0.4 is 0 Å². The maximum Gasteiger partial charge on any atom is 0.164 e. The summed E-state index contributed by atoms with van der Waals surface area (Å²) in [4.78, 5) is 12.4. The first-order valence-corrected chi connectivity index (χ1v) is 7.42. The Hall–Kier alpha value is -1.16. The molecule has 98 valence electrons. The number of alkyl halides is 1. The second-order valence-corrected chi connectivity index (χ2v) is 7.36. The Morgan fingerprint density at radius 1 is 1.05 bits per heavy atom. The molecule has 2 aromatic carbocycles. The fourth-order valence-corrected chi connectivity index (χ4v) is 2.88. The molecule has 2 aromatic rings. The van der Waals surface area contributed by atoms with Crippen LogP contribution in [0.1, 0.15) is 34.8 Å². The van der Waals surface area contributed by atoms with Gasteiger partial charge in [-0.3, -0.25) is 4.79 Å². The normalized spacial score (nSPS) is 13.8. The summed E-state index contributed by atoms with van der Waals surface area (Å²) in [7, 11) is 0. The molecule has 0 bridgehead atoms. The van der Waals surface area contributed by atoms with Gasteiger partial charge in [0.15, 0.2) is 5.78 Å². The largest absolute Gasteiger partial charge is 0.294 e. The average Bonchev–Trinajstić information content (AvgIpc) is 2.39. The Morgan fingerprint density at radius 3 is 2.26 bits per heavy atom. The van der Waals surface area contributed by atoms with Gasteiger partial charge in [-0.1, -0.05) is 77.2 Å². The van der Waals surface area contributed by atoms with E-state index >= 15 is 0 Å². The first-order valence-electron chi connectivity index (χ1n) is 6.34. The van der Waals surface area contributed by atoms with Gasteiger partial charge in [0.05, 0.1) is 3.42 Å². The summed E-state index contributed by atoms with van der Waals surface area (Å²) in [6.45, 7) is 4.10. The highest BCUT2D eigenvalue weighted by atomic mass is 127. The van der Waals surface area contributed by atoms with E-state index in [9.17, 15) is 4.79 Å². The van der Waals surface area contributed by atoms with Gasteiger partial charge in [0, 0.05) is 12.0 Å². The molecule has 0 heterocycles. The van der Waals surface area contributed by atoms with Gasteiger partial charge in [0.1, 0.15) is 0 Å². The molecule has 0 radical (unpaired) electrons. The summed E-state index contributed by atoms with van der Waals surface area (Å²) in [6.07, 6.45) is 0.516. The monoisotopic (exact) mass is 364 g/mol. The molecule has 0 fully saturated rings. The van der Waals surface area contributed by atoms with Gasteiger partial charge < -0.3 is 0 Å². The Labute approximate surface area is 128 Å². The van der Waals surface area contributed by atoms with Crippen molar-refractivity contribution in [3.05, 3.63) is 71.3 Å². The molecule has 1 unspecified atom stereocenters. The molecular weight excluding hydrogens is 347 g/mol. The lowest BCUT2D eigenvalue weighted by atomic mass is 9.92. The highest BCUT2D eigenvalue weighted by Gasteiger charge is 2.27. The molecule has 0 spiro atoms. The van der Waals surface area contributed by atoms with Crippen LogP contribution in [-0.2, 0) is 3.42 Å². The van der Waals surface area contributed by atoms with Crippen LogP contribution in [0.5, 0.6) is 0 Å². The SMILES string of the molecule is Cc1ccccc1C(=O)CC(C)(I)c1ccccc1. The maximum absolute atomic E-state index is 12.4. The smallest absolute Gasteiger partial charge is 0.164 e. The van der Waals surface area contributed by atoms with Gasteiger partial charge >= 0.3 is 0 Å². The van der Waals surface area contributed by atoms with Crippen LogP contribution in [0.15, 0.2) is 54.6 Å². The van der Waals surface area contributed by atoms with E-state index in [1.165, 1.54) is 5.56 Å². The van der Waals surface area contributed by atoms with Crippen molar-refractivity contribution < 1.29 is 4.79 Å². The number of hydrogen-bond acceptors (Lipinski definition) is 1. The molecule has 1 atom stereocenters. The second-order valence-electron chi connectivity index (χ2n) is 4.98. The molecular formula is C17H17IO. The van der Waals surface area contributed by atoms with Crippen molar-refractivity contribution in [3.8, 4) is 0 Å². The fraction of sp³-hybridized carbons (Fsp3) is 0.235. The third-order valence-corrected chi connectivity index (χ3v) is 4.32. The van der Waals surface area contributed by atoms with E-state index in [4.69, 9.17) is 0 Å². The molecule has 0 N–H and O–H groups in total. The number of aryl methyl sites for hydroxylation is 1. The number of hydrogen-bond donors (Lipinski definition) is 0. The van der Waals surface area contributed by atoms with Crippen LogP contribution in [0.3, 0.4) is 0 Å². The zero-order valence-corrected chi connectivity index (χ0v) is 13.3. The quantitative estimate of drug-likeness (QED) is 0.428. The number of halogens is 1. The molecule has 0 saturated carbocycles. The molecule has 0 saturated heterocycles. The fourth-order valence-electron chi connectivity index (χ4n) is 2.17. The van der Waals surface area contributed by atoms with Crippen LogP contribution in [0, 0.1) is 6.92 Å². The van der Waals surface area contributed by atoms with Crippen molar-refractivity contribution in [2.45, 2.75) is 23.7 Å². The topological polar surface area (TPSA) is 17.1 Å². The predicted molar refractivity (Wildman–Crippen MR) is 87.9 cm³/mol. The average molecular weight is 364 g/mol. The zero-order valence-electron chi connectivity index (χ0n) is 11.2. The lowest BCUT2D eigenvalue weighted by Gasteiger charge is -2.22. The summed E-state index contributed by atoms with van der Waals surface area (Å²) in [6, 6.07) is 18.0. The van der Waals surface area contributed by atoms with Crippen molar-refractivity contribution in [2.24, 2.45) is 0 Å². The van der Waals surface area contributed by atoms with Crippen molar-refractivity contribution in [3.63, 3.8) is 0 Å². The molecule has 0 aromatic heterocycles. The Balaban J connectivity index is 2.22. The number of Topliss-reactive ketones (excluding diaryl/α,β-unsaturated/α-hetero) is 1. The predicted octanol–water partition coefficient (Wildman–Crippen LogP) is 4.92. The summed E-state index contributed by atoms with van der Waals surface area (Å²) < 4.78 is -0.168. The summed E-state index contributed by atoms with van der Waals surface area (Å²) in [5, 5.41) is 0. The summed E-state index contributed by atoms with van der Waals surface area (Å²) >= 11 is 2.37. The van der Waals surface area contributed by atoms with Gasteiger partial charge in [0.25, 0.3) is 0 Å². The molecule has 2 rings (SSSR count). The number of carbonyl (C=O) groups is 1. The van der Waals surface area contributed by atoms with Crippen LogP contribution >= 0.6 is 22.6 Å². The molecule has 0 aliphatic carbocycles. The zero-order chi connectivity index (χ0) is 13.9. The van der Waals surface area contributed by atoms with E-state index in [2.05, 4.69) is 41.6 Å². The molecule has 0 amide bonds. The highest BCUT2D eigenvalue weighted by Crippen LogP contribution is 2.36. The van der Waals surface area contributed by atoms with Gasteiger partial charge in [-0.25, -0.2) is 0 Å². The minimum Gasteiger partial charge on any atom is -0.294 e. The number of ketones is 1. The molecule has 1 nitrogen and oxygen atoms in total. The summed E-state index contributed by atoms with van der Waals surface area (Å²) in [5.74, 6) is 0.207. The molecule has 19 heavy (non-hydrogen) atoms. The van der Waals surface area contributed by atoms with E-state index in [-0.39, 0.29) is 9.20 Å². The van der Waals surface area contributed by atoms with Crippen molar-refractivity contribution in [1.29, 1.82) is 0 Å². The van der Waals surface area contributed by atoms with Crippen molar-refractivity contribution in [2.75, 3.05) is 0 Å². The van der Waals surface area contributed by atoms with Crippen molar-refractivity contribution in [1.82, 2.24) is 0 Å². The van der Waals surface area contributed by atoms with Crippen molar-refractivity contribution >= 4 is 28.4 Å². The van der Waals surface area contributed by atoms with E-state index in [1.807, 2.05) is 49.4 Å². The van der Waals surface area contributed by atoms with Crippen LogP contribution in [0.2, 0.25) is 0 Å². The second kappa shape index (κ2) is 5.87. The minimum absolute atomic E-state index is 0.168. The third-order valence-electron chi connectivity index (χ3n) is 3.31. The van der Waals surface area contributed by atoms with E-state index in [0.29, 0.717) is 6.42 Å². The summed E-state index contributed by atoms with van der Waals surface area (Å²) in [5.41, 5.74) is 3.08. The van der Waals surface area contributed by atoms with Crippen LogP contribution in [0.25, 0.3) is 0 Å². The number of benzene rings is 2. The highest BCUT2D eigenvalue weighted by molar-refractivity contribution is 14.1. The molecule has 0 aliphatic heterocycles. The Morgan fingerprint density at radius 2 is 1.63 bits per heavy atom. The molecule has 0 aliphatic rings. The number of rotatable bonds is 4. The Bertz CT molecular complexity index is 573. The van der Waals surface area contributed by atoms with E-state index < -0.39 is 0 Å². The van der Waals surface area contributed by atoms with Gasteiger partial charge in [-0.05, 0) is 25.0 Å². The van der Waals surface area contributed by atoms with Gasteiger partial charge in [-0.15, -0.1) is 0 Å². The van der Waals surface area contributed by atoms with Crippen LogP contribution in [0.4, 0.5) is 0 Å². The Kier molecular flexibility index (Phi) is 4.40. The first-order chi connectivity index (χ1) is 9.00. The van der Waals surface area contributed by atoms with Gasteiger partial charge in [0.2, 0.25) is 0 Å². The van der Waals surface area contributed by atoms with E-state index in [1.54, 1.807) is 0 Å². The lowest BCUT2D eigenvalue weighted by molar-refractivity contribution is 0.0972. The van der Waals surface area contributed by atoms with Gasteiger partial charge in [-0.2, -0.15) is 0 Å². The first kappa shape index (κ1) is 14.3. The van der Waals surface area contributed by atoms with Crippen LogP contribution in [-0.4, -0.2) is 5.78 Å².